The highest BCUT2D eigenvalue weighted by Crippen LogP contribution is 2.41. The number of aromatic nitrogens is 4. The van der Waals surface area contributed by atoms with Crippen molar-refractivity contribution in [3.05, 3.63) is 146 Å². The third-order valence-corrected chi connectivity index (χ3v) is 10.2. The van der Waals surface area contributed by atoms with E-state index >= 15 is 0 Å². The second-order valence-electron chi connectivity index (χ2n) is 11.7. The number of rotatable bonds is 3. The highest BCUT2D eigenvalue weighted by molar-refractivity contribution is 7.25. The van der Waals surface area contributed by atoms with E-state index in [-0.39, 0.29) is 0 Å². The molecule has 0 N–H and O–H groups in total. The van der Waals surface area contributed by atoms with E-state index in [2.05, 4.69) is 138 Å². The van der Waals surface area contributed by atoms with Crippen molar-refractivity contribution < 1.29 is 0 Å². The molecule has 0 unspecified atom stereocenters. The minimum absolute atomic E-state index is 0.609. The second-order valence-corrected chi connectivity index (χ2v) is 12.7. The zero-order chi connectivity index (χ0) is 30.2. The molecular weight excluding hydrogens is 581 g/mol. The quantitative estimate of drug-likeness (QED) is 0.188. The van der Waals surface area contributed by atoms with Gasteiger partial charge in [0.05, 0.1) is 22.2 Å². The van der Waals surface area contributed by atoms with Crippen LogP contribution in [0.15, 0.2) is 146 Å². The van der Waals surface area contributed by atoms with Crippen LogP contribution in [0.5, 0.6) is 0 Å². The van der Waals surface area contributed by atoms with Gasteiger partial charge in [0.2, 0.25) is 0 Å². The van der Waals surface area contributed by atoms with E-state index < -0.39 is 0 Å². The van der Waals surface area contributed by atoms with Crippen molar-refractivity contribution in [2.75, 3.05) is 0 Å². The number of hydrogen-bond acceptors (Lipinski definition) is 4. The molecule has 0 radical (unpaired) electrons. The zero-order valence-corrected chi connectivity index (χ0v) is 25.4. The number of fused-ring (bicyclic) bond motifs is 9. The molecule has 0 saturated heterocycles. The molecule has 4 nitrogen and oxygen atoms in total. The summed E-state index contributed by atoms with van der Waals surface area (Å²) in [6, 6.07) is 49.3. The smallest absolute Gasteiger partial charge is 0.179 e. The van der Waals surface area contributed by atoms with Crippen LogP contribution in [0.1, 0.15) is 0 Å². The van der Waals surface area contributed by atoms with Gasteiger partial charge in [0.1, 0.15) is 5.69 Å². The molecule has 5 heteroatoms. The summed E-state index contributed by atoms with van der Waals surface area (Å²) in [7, 11) is 0. The van der Waals surface area contributed by atoms with Gasteiger partial charge in [-0.05, 0) is 47.9 Å². The molecule has 0 amide bonds. The van der Waals surface area contributed by atoms with Gasteiger partial charge in [0.25, 0.3) is 0 Å². The van der Waals surface area contributed by atoms with Gasteiger partial charge in [0.15, 0.2) is 5.82 Å². The van der Waals surface area contributed by atoms with E-state index in [1.54, 1.807) is 0 Å². The van der Waals surface area contributed by atoms with Crippen molar-refractivity contribution in [2.24, 2.45) is 0 Å². The van der Waals surface area contributed by atoms with E-state index in [9.17, 15) is 0 Å². The number of nitrogens with zero attached hydrogens (tertiary/aromatic N) is 4. The first kappa shape index (κ1) is 25.4. The van der Waals surface area contributed by atoms with Gasteiger partial charge in [-0.3, -0.25) is 4.98 Å². The van der Waals surface area contributed by atoms with Crippen LogP contribution in [-0.4, -0.2) is 19.5 Å². The van der Waals surface area contributed by atoms with E-state index in [1.807, 2.05) is 23.6 Å². The van der Waals surface area contributed by atoms with Crippen LogP contribution in [0.4, 0.5) is 0 Å². The molecule has 0 bridgehead atoms. The predicted octanol–water partition coefficient (Wildman–Crippen LogP) is 11.0. The van der Waals surface area contributed by atoms with Crippen molar-refractivity contribution in [2.45, 2.75) is 0 Å². The molecule has 214 valence electrons. The van der Waals surface area contributed by atoms with Crippen molar-refractivity contribution in [1.29, 1.82) is 0 Å². The largest absolute Gasteiger partial charge is 0.309 e. The molecule has 0 spiro atoms. The average Bonchev–Trinajstić information content (AvgIpc) is 3.65. The van der Waals surface area contributed by atoms with Crippen molar-refractivity contribution in [1.82, 2.24) is 19.5 Å². The Morgan fingerprint density at radius 1 is 0.500 bits per heavy atom. The Hall–Kier alpha value is -5.91. The predicted molar refractivity (Wildman–Crippen MR) is 193 cm³/mol. The summed E-state index contributed by atoms with van der Waals surface area (Å²) in [5, 5.41) is 8.36. The SMILES string of the molecule is c1ccc(-c2nc(-c3cc(-n4c5ccccc5c5cc6c(cc54)sc4ccccc46)ccn3)nc3c2ccc2ccccc23)cc1. The molecule has 0 aliphatic heterocycles. The Balaban J connectivity index is 1.24. The highest BCUT2D eigenvalue weighted by Gasteiger charge is 2.18. The van der Waals surface area contributed by atoms with E-state index in [4.69, 9.17) is 15.0 Å². The summed E-state index contributed by atoms with van der Waals surface area (Å²) in [6.07, 6.45) is 1.88. The van der Waals surface area contributed by atoms with Gasteiger partial charge in [-0.1, -0.05) is 97.1 Å². The van der Waals surface area contributed by atoms with Crippen LogP contribution in [-0.2, 0) is 0 Å². The van der Waals surface area contributed by atoms with E-state index in [1.165, 1.54) is 36.5 Å². The van der Waals surface area contributed by atoms with E-state index in [0.29, 0.717) is 5.82 Å². The van der Waals surface area contributed by atoms with Gasteiger partial charge in [0, 0.05) is 59.2 Å². The van der Waals surface area contributed by atoms with Crippen LogP contribution < -0.4 is 0 Å². The molecule has 0 aliphatic rings. The average molecular weight is 605 g/mol. The third kappa shape index (κ3) is 3.76. The lowest BCUT2D eigenvalue weighted by Crippen LogP contribution is -2.00. The summed E-state index contributed by atoms with van der Waals surface area (Å²) in [5.41, 5.74) is 6.98. The molecule has 0 fully saturated rings. The second kappa shape index (κ2) is 9.80. The zero-order valence-electron chi connectivity index (χ0n) is 24.6. The minimum Gasteiger partial charge on any atom is -0.309 e. The Kier molecular flexibility index (Phi) is 5.41. The summed E-state index contributed by atoms with van der Waals surface area (Å²) in [4.78, 5) is 15.2. The molecule has 10 aromatic rings. The molecule has 0 aliphatic carbocycles. The normalized spacial score (nSPS) is 11.9. The molecule has 4 aromatic heterocycles. The van der Waals surface area contributed by atoms with Gasteiger partial charge in [-0.15, -0.1) is 11.3 Å². The first-order chi connectivity index (χ1) is 22.8. The van der Waals surface area contributed by atoms with Gasteiger partial charge in [-0.25, -0.2) is 9.97 Å². The maximum Gasteiger partial charge on any atom is 0.179 e. The first-order valence-electron chi connectivity index (χ1n) is 15.4. The fraction of sp³-hybridized carbons (Fsp3) is 0. The van der Waals surface area contributed by atoms with E-state index in [0.717, 1.165) is 49.8 Å². The maximum atomic E-state index is 5.19. The van der Waals surface area contributed by atoms with Crippen LogP contribution in [0.25, 0.3) is 92.1 Å². The molecule has 6 aromatic carbocycles. The third-order valence-electron chi connectivity index (χ3n) is 9.04. The maximum absolute atomic E-state index is 5.19. The Labute approximate surface area is 267 Å². The summed E-state index contributed by atoms with van der Waals surface area (Å²) >= 11 is 1.85. The fourth-order valence-corrected chi connectivity index (χ4v) is 8.06. The number of para-hydroxylation sites is 1. The molecule has 4 heterocycles. The minimum atomic E-state index is 0.609. The monoisotopic (exact) mass is 604 g/mol. The number of hydrogen-bond donors (Lipinski definition) is 0. The lowest BCUT2D eigenvalue weighted by molar-refractivity contribution is 1.13. The number of benzene rings is 6. The van der Waals surface area contributed by atoms with Gasteiger partial charge in [-0.2, -0.15) is 0 Å². The van der Waals surface area contributed by atoms with Crippen LogP contribution in [0.3, 0.4) is 0 Å². The molecule has 0 atom stereocenters. The Morgan fingerprint density at radius 2 is 1.28 bits per heavy atom. The van der Waals surface area contributed by atoms with Crippen molar-refractivity contribution in [3.63, 3.8) is 0 Å². The number of pyridine rings is 1. The fourth-order valence-electron chi connectivity index (χ4n) is 6.94. The summed E-state index contributed by atoms with van der Waals surface area (Å²) in [6.45, 7) is 0. The Morgan fingerprint density at radius 3 is 2.20 bits per heavy atom. The summed E-state index contributed by atoms with van der Waals surface area (Å²) < 4.78 is 4.94. The van der Waals surface area contributed by atoms with Crippen molar-refractivity contribution >= 4 is 75.0 Å². The Bertz CT molecular complexity index is 2810. The van der Waals surface area contributed by atoms with Gasteiger partial charge < -0.3 is 4.57 Å². The molecular formula is C41H24N4S. The first-order valence-corrected chi connectivity index (χ1v) is 16.2. The molecule has 10 rings (SSSR count). The topological polar surface area (TPSA) is 43.6 Å². The van der Waals surface area contributed by atoms with Crippen molar-refractivity contribution in [3.8, 4) is 28.5 Å². The highest BCUT2D eigenvalue weighted by atomic mass is 32.1. The number of thiophene rings is 1. The van der Waals surface area contributed by atoms with Crippen LogP contribution >= 0.6 is 11.3 Å². The lowest BCUT2D eigenvalue weighted by Gasteiger charge is -2.12. The molecule has 0 saturated carbocycles. The van der Waals surface area contributed by atoms with Gasteiger partial charge >= 0.3 is 0 Å². The lowest BCUT2D eigenvalue weighted by atomic mass is 10.0. The molecule has 46 heavy (non-hydrogen) atoms. The van der Waals surface area contributed by atoms with Crippen LogP contribution in [0.2, 0.25) is 0 Å². The van der Waals surface area contributed by atoms with Crippen LogP contribution in [0, 0.1) is 0 Å². The summed E-state index contributed by atoms with van der Waals surface area (Å²) in [5.74, 6) is 0.609. The standard InChI is InChI=1S/C41H24N4S/c1-2-11-26(12-3-1)39-31-19-18-25-10-4-5-13-28(25)40(31)44-41(43-39)34-22-27(20-21-42-34)45-35-16-8-6-14-29(35)32-23-33-30-15-7-9-17-37(30)46-38(33)24-36(32)45/h1-24H.